The number of anilines is 1. The molecule has 0 fully saturated rings. The van der Waals surface area contributed by atoms with E-state index >= 15 is 0 Å². The van der Waals surface area contributed by atoms with Crippen LogP contribution in [0.1, 0.15) is 87.3 Å². The molecule has 1 atom stereocenters. The Hall–Kier alpha value is -2.65. The van der Waals surface area contributed by atoms with E-state index in [1.807, 2.05) is 45.2 Å². The zero-order valence-electron chi connectivity index (χ0n) is 22.3. The number of nitrogens with zero attached hydrogens (tertiary/aromatic N) is 1. The van der Waals surface area contributed by atoms with E-state index in [9.17, 15) is 0 Å². The maximum atomic E-state index is 4.60. The van der Waals surface area contributed by atoms with Crippen LogP contribution in [0.3, 0.4) is 0 Å². The summed E-state index contributed by atoms with van der Waals surface area (Å²) in [7, 11) is 0. The molecular weight excluding hydrogens is 414 g/mol. The van der Waals surface area contributed by atoms with Gasteiger partial charge in [0, 0.05) is 17.9 Å². The molecule has 0 saturated carbocycles. The van der Waals surface area contributed by atoms with Crippen LogP contribution in [0.15, 0.2) is 89.8 Å². The fourth-order valence-electron chi connectivity index (χ4n) is 2.98. The van der Waals surface area contributed by atoms with Crippen molar-refractivity contribution in [1.82, 2.24) is 5.32 Å². The molecule has 34 heavy (non-hydrogen) atoms. The molecule has 0 aromatic heterocycles. The van der Waals surface area contributed by atoms with Gasteiger partial charge in [-0.15, -0.1) is 0 Å². The van der Waals surface area contributed by atoms with E-state index in [4.69, 9.17) is 0 Å². The first-order chi connectivity index (χ1) is 15.7. The molecule has 2 N–H and O–H groups in total. The third-order valence-electron chi connectivity index (χ3n) is 5.04. The molecule has 0 spiro atoms. The van der Waals surface area contributed by atoms with Crippen LogP contribution in [0.2, 0.25) is 0 Å². The Kier molecular flexibility index (Phi) is 19.5. The Bertz CT molecular complexity index is 834. The maximum absolute atomic E-state index is 4.60. The third-order valence-corrected chi connectivity index (χ3v) is 5.04. The molecular formula is C31H51N3. The van der Waals surface area contributed by atoms with Gasteiger partial charge in [-0.1, -0.05) is 84.7 Å². The fraction of sp³-hybridized carbons (Fsp3) is 0.452. The van der Waals surface area contributed by atoms with E-state index < -0.39 is 0 Å². The third kappa shape index (κ3) is 13.8. The second-order valence-corrected chi connectivity index (χ2v) is 8.41. The van der Waals surface area contributed by atoms with Crippen LogP contribution in [0.5, 0.6) is 0 Å². The minimum absolute atomic E-state index is 0. The molecule has 3 heteroatoms. The summed E-state index contributed by atoms with van der Waals surface area (Å²) < 4.78 is 0. The molecule has 0 bridgehead atoms. The van der Waals surface area contributed by atoms with Crippen molar-refractivity contribution >= 4 is 11.4 Å². The van der Waals surface area contributed by atoms with Crippen molar-refractivity contribution in [3.05, 3.63) is 90.3 Å². The standard InChI is InChI=1S/C26H39N3.C4H8.CH4/c1-9-15-27-26(11-3)24-13-12-14-25(17-24)29-22(8)21(7)28-18-20(6)23(10-2)16-19(4)5;1-3-4-2;/h10,12-14,16-19,26-27,29H,2,8-9,11,15H2,1,3-7H3;3-4H,1-2H3;1H4/b20-18+,23-16+,28-21?;4-3-;. The van der Waals surface area contributed by atoms with Gasteiger partial charge >= 0.3 is 0 Å². The summed E-state index contributed by atoms with van der Waals surface area (Å²) in [6.45, 7) is 25.8. The zero-order chi connectivity index (χ0) is 25.2. The largest absolute Gasteiger partial charge is 0.355 e. The van der Waals surface area contributed by atoms with Gasteiger partial charge in [0.1, 0.15) is 0 Å². The Labute approximate surface area is 211 Å². The Balaban J connectivity index is 0. The molecule has 3 nitrogen and oxygen atoms in total. The lowest BCUT2D eigenvalue weighted by atomic mass is 10.0. The molecule has 0 aliphatic rings. The van der Waals surface area contributed by atoms with Crippen molar-refractivity contribution in [3.63, 3.8) is 0 Å². The molecule has 1 aromatic rings. The quantitative estimate of drug-likeness (QED) is 0.183. The molecule has 0 radical (unpaired) electrons. The van der Waals surface area contributed by atoms with Crippen molar-refractivity contribution in [1.29, 1.82) is 0 Å². The van der Waals surface area contributed by atoms with E-state index in [1.165, 1.54) is 5.56 Å². The summed E-state index contributed by atoms with van der Waals surface area (Å²) in [5.74, 6) is 0.471. The van der Waals surface area contributed by atoms with Crippen LogP contribution >= 0.6 is 0 Å². The van der Waals surface area contributed by atoms with Gasteiger partial charge in [-0.3, -0.25) is 4.99 Å². The summed E-state index contributed by atoms with van der Waals surface area (Å²) in [4.78, 5) is 4.60. The van der Waals surface area contributed by atoms with Gasteiger partial charge in [0.25, 0.3) is 0 Å². The van der Waals surface area contributed by atoms with E-state index in [0.717, 1.165) is 47.6 Å². The van der Waals surface area contributed by atoms with Crippen LogP contribution < -0.4 is 10.6 Å². The Morgan fingerprint density at radius 2 is 1.76 bits per heavy atom. The van der Waals surface area contributed by atoms with Gasteiger partial charge in [-0.05, 0) is 81.8 Å². The summed E-state index contributed by atoms with van der Waals surface area (Å²) in [6, 6.07) is 8.89. The van der Waals surface area contributed by atoms with E-state index in [0.29, 0.717) is 12.0 Å². The van der Waals surface area contributed by atoms with Crippen LogP contribution in [-0.2, 0) is 0 Å². The second-order valence-electron chi connectivity index (χ2n) is 8.41. The fourth-order valence-corrected chi connectivity index (χ4v) is 2.98. The second kappa shape index (κ2) is 19.8. The van der Waals surface area contributed by atoms with Crippen molar-refractivity contribution in [3.8, 4) is 0 Å². The number of nitrogens with one attached hydrogen (secondary N) is 2. The average molecular weight is 466 g/mol. The molecule has 1 aromatic carbocycles. The molecule has 0 heterocycles. The van der Waals surface area contributed by atoms with Gasteiger partial charge in [0.2, 0.25) is 0 Å². The maximum Gasteiger partial charge on any atom is 0.0601 e. The number of benzene rings is 1. The van der Waals surface area contributed by atoms with Gasteiger partial charge in [-0.25, -0.2) is 0 Å². The predicted octanol–water partition coefficient (Wildman–Crippen LogP) is 9.41. The van der Waals surface area contributed by atoms with Crippen molar-refractivity contribution in [2.45, 2.75) is 81.7 Å². The number of allylic oxidation sites excluding steroid dienone is 7. The number of hydrogen-bond acceptors (Lipinski definition) is 3. The summed E-state index contributed by atoms with van der Waals surface area (Å²) in [5, 5.41) is 7.01. The van der Waals surface area contributed by atoms with Crippen LogP contribution in [0.4, 0.5) is 5.69 Å². The smallest absolute Gasteiger partial charge is 0.0601 e. The molecule has 190 valence electrons. The van der Waals surface area contributed by atoms with Crippen LogP contribution in [-0.4, -0.2) is 12.3 Å². The summed E-state index contributed by atoms with van der Waals surface area (Å²) in [5.41, 5.74) is 6.20. The Morgan fingerprint density at radius 1 is 1.12 bits per heavy atom. The van der Waals surface area contributed by atoms with Gasteiger partial charge in [0.15, 0.2) is 0 Å². The van der Waals surface area contributed by atoms with Crippen molar-refractivity contribution < 1.29 is 0 Å². The molecule has 0 saturated heterocycles. The molecule has 0 aliphatic carbocycles. The summed E-state index contributed by atoms with van der Waals surface area (Å²) in [6.07, 6.45) is 12.2. The SMILES string of the molecule is C.C/C=C\C.C=CC(=C\C(C)C)/C(C)=C/N=C(C)C(=C)Nc1cccc(C(CC)NCCC)c1. The van der Waals surface area contributed by atoms with E-state index in [2.05, 4.69) is 93.7 Å². The average Bonchev–Trinajstić information content (AvgIpc) is 2.81. The lowest BCUT2D eigenvalue weighted by Crippen LogP contribution is -2.21. The first kappa shape index (κ1) is 33.5. The van der Waals surface area contributed by atoms with Crippen molar-refractivity contribution in [2.75, 3.05) is 11.9 Å². The number of aliphatic imine (C=N–C) groups is 1. The minimum atomic E-state index is 0. The van der Waals surface area contributed by atoms with Gasteiger partial charge in [0.05, 0.1) is 11.4 Å². The Morgan fingerprint density at radius 3 is 2.26 bits per heavy atom. The minimum Gasteiger partial charge on any atom is -0.355 e. The first-order valence-electron chi connectivity index (χ1n) is 12.2. The highest BCUT2D eigenvalue weighted by Crippen LogP contribution is 2.21. The van der Waals surface area contributed by atoms with Crippen molar-refractivity contribution in [2.24, 2.45) is 10.9 Å². The topological polar surface area (TPSA) is 36.4 Å². The number of hydrogen-bond donors (Lipinski definition) is 2. The lowest BCUT2D eigenvalue weighted by Gasteiger charge is -2.18. The van der Waals surface area contributed by atoms with Crippen LogP contribution in [0, 0.1) is 5.92 Å². The highest BCUT2D eigenvalue weighted by Gasteiger charge is 2.09. The van der Waals surface area contributed by atoms with Gasteiger partial charge in [-0.2, -0.15) is 0 Å². The van der Waals surface area contributed by atoms with Crippen LogP contribution in [0.25, 0.3) is 0 Å². The zero-order valence-corrected chi connectivity index (χ0v) is 22.3. The highest BCUT2D eigenvalue weighted by molar-refractivity contribution is 6.00. The molecule has 0 amide bonds. The predicted molar refractivity (Wildman–Crippen MR) is 158 cm³/mol. The summed E-state index contributed by atoms with van der Waals surface area (Å²) >= 11 is 0. The molecule has 0 aliphatic heterocycles. The highest BCUT2D eigenvalue weighted by atomic mass is 14.9. The van der Waals surface area contributed by atoms with Gasteiger partial charge < -0.3 is 10.6 Å². The molecule has 1 unspecified atom stereocenters. The normalized spacial score (nSPS) is 13.1. The van der Waals surface area contributed by atoms with E-state index in [-0.39, 0.29) is 7.43 Å². The lowest BCUT2D eigenvalue weighted by molar-refractivity contribution is 0.518. The molecule has 1 rings (SSSR count). The van der Waals surface area contributed by atoms with E-state index in [1.54, 1.807) is 0 Å². The first-order valence-corrected chi connectivity index (χ1v) is 12.2. The number of rotatable bonds is 12. The monoisotopic (exact) mass is 465 g/mol.